The first kappa shape index (κ1) is 18.8. The number of rotatable bonds is 6. The highest BCUT2D eigenvalue weighted by Crippen LogP contribution is 2.48. The van der Waals surface area contributed by atoms with Crippen molar-refractivity contribution < 1.29 is 13.6 Å². The zero-order valence-electron chi connectivity index (χ0n) is 12.9. The normalized spacial score (nSPS) is 20.2. The van der Waals surface area contributed by atoms with E-state index in [9.17, 15) is 13.6 Å². The van der Waals surface area contributed by atoms with Gasteiger partial charge in [-0.15, -0.1) is 12.4 Å². The van der Waals surface area contributed by atoms with Crippen LogP contribution in [0.4, 0.5) is 8.78 Å². The second kappa shape index (κ2) is 7.38. The number of carbonyl (C=O) groups is 1. The SMILES string of the molecule is CCC(N)(CC)CNC(=O)C1CC1c1ccc(F)cc1F.Cl. The fourth-order valence-corrected chi connectivity index (χ4v) is 2.52. The van der Waals surface area contributed by atoms with E-state index in [4.69, 9.17) is 5.73 Å². The highest BCUT2D eigenvalue weighted by atomic mass is 35.5. The molecule has 1 fully saturated rings. The summed E-state index contributed by atoms with van der Waals surface area (Å²) in [5, 5.41) is 2.86. The molecule has 2 atom stereocenters. The van der Waals surface area contributed by atoms with Gasteiger partial charge >= 0.3 is 0 Å². The van der Waals surface area contributed by atoms with E-state index in [0.717, 1.165) is 18.9 Å². The first-order valence-electron chi connectivity index (χ1n) is 7.41. The van der Waals surface area contributed by atoms with Gasteiger partial charge in [-0.1, -0.05) is 19.9 Å². The Hall–Kier alpha value is -1.20. The molecule has 22 heavy (non-hydrogen) atoms. The van der Waals surface area contributed by atoms with Crippen molar-refractivity contribution in [2.45, 2.75) is 44.6 Å². The third-order valence-electron chi connectivity index (χ3n) is 4.51. The van der Waals surface area contributed by atoms with Crippen LogP contribution >= 0.6 is 12.4 Å². The van der Waals surface area contributed by atoms with E-state index < -0.39 is 11.6 Å². The van der Waals surface area contributed by atoms with Gasteiger partial charge in [0.25, 0.3) is 0 Å². The zero-order chi connectivity index (χ0) is 15.6. The Labute approximate surface area is 136 Å². The van der Waals surface area contributed by atoms with E-state index >= 15 is 0 Å². The van der Waals surface area contributed by atoms with Crippen molar-refractivity contribution in [2.75, 3.05) is 6.54 Å². The largest absolute Gasteiger partial charge is 0.354 e. The minimum Gasteiger partial charge on any atom is -0.354 e. The molecular weight excluding hydrogens is 310 g/mol. The average molecular weight is 333 g/mol. The van der Waals surface area contributed by atoms with E-state index in [1.807, 2.05) is 13.8 Å². The van der Waals surface area contributed by atoms with Crippen LogP contribution in [0.5, 0.6) is 0 Å². The number of carbonyl (C=O) groups excluding carboxylic acids is 1. The summed E-state index contributed by atoms with van der Waals surface area (Å²) < 4.78 is 26.6. The molecule has 1 saturated carbocycles. The zero-order valence-corrected chi connectivity index (χ0v) is 13.7. The molecule has 1 aromatic carbocycles. The van der Waals surface area contributed by atoms with E-state index in [-0.39, 0.29) is 35.7 Å². The lowest BCUT2D eigenvalue weighted by Crippen LogP contribution is -2.49. The first-order chi connectivity index (χ1) is 9.90. The molecular formula is C16H23ClF2N2O. The second-order valence-corrected chi connectivity index (χ2v) is 5.90. The van der Waals surface area contributed by atoms with Crippen molar-refractivity contribution in [3.8, 4) is 0 Å². The Morgan fingerprint density at radius 3 is 2.55 bits per heavy atom. The topological polar surface area (TPSA) is 55.1 Å². The fourth-order valence-electron chi connectivity index (χ4n) is 2.52. The molecule has 2 rings (SSSR count). The molecule has 1 amide bonds. The summed E-state index contributed by atoms with van der Waals surface area (Å²) in [6, 6.07) is 3.51. The summed E-state index contributed by atoms with van der Waals surface area (Å²) in [6.45, 7) is 4.40. The number of hydrogen-bond donors (Lipinski definition) is 2. The van der Waals surface area contributed by atoms with Gasteiger partial charge in [0.15, 0.2) is 0 Å². The van der Waals surface area contributed by atoms with Crippen LogP contribution in [-0.4, -0.2) is 18.0 Å². The van der Waals surface area contributed by atoms with Crippen LogP contribution in [0.2, 0.25) is 0 Å². The predicted molar refractivity (Wildman–Crippen MR) is 85.0 cm³/mol. The number of nitrogens with one attached hydrogen (secondary N) is 1. The molecule has 0 spiro atoms. The van der Waals surface area contributed by atoms with E-state index in [2.05, 4.69) is 5.32 Å². The number of benzene rings is 1. The molecule has 0 aromatic heterocycles. The van der Waals surface area contributed by atoms with Gasteiger partial charge in [-0.3, -0.25) is 4.79 Å². The number of nitrogens with two attached hydrogens (primary N) is 1. The number of halogens is 3. The molecule has 2 unspecified atom stereocenters. The van der Waals surface area contributed by atoms with Crippen molar-refractivity contribution in [2.24, 2.45) is 11.7 Å². The summed E-state index contributed by atoms with van der Waals surface area (Å²) >= 11 is 0. The van der Waals surface area contributed by atoms with E-state index in [1.165, 1.54) is 12.1 Å². The van der Waals surface area contributed by atoms with Crippen molar-refractivity contribution in [1.82, 2.24) is 5.32 Å². The monoisotopic (exact) mass is 332 g/mol. The summed E-state index contributed by atoms with van der Waals surface area (Å²) in [4.78, 5) is 12.1. The van der Waals surface area contributed by atoms with Gasteiger partial charge in [-0.25, -0.2) is 8.78 Å². The van der Waals surface area contributed by atoms with E-state index in [0.29, 0.717) is 18.5 Å². The first-order valence-corrected chi connectivity index (χ1v) is 7.41. The smallest absolute Gasteiger partial charge is 0.223 e. The molecule has 0 radical (unpaired) electrons. The molecule has 0 bridgehead atoms. The van der Waals surface area contributed by atoms with Crippen LogP contribution in [0.15, 0.2) is 18.2 Å². The lowest BCUT2D eigenvalue weighted by atomic mass is 9.94. The number of amides is 1. The van der Waals surface area contributed by atoms with Crippen molar-refractivity contribution in [3.05, 3.63) is 35.4 Å². The van der Waals surface area contributed by atoms with Gasteiger partial charge in [0.2, 0.25) is 5.91 Å². The second-order valence-electron chi connectivity index (χ2n) is 5.90. The minimum atomic E-state index is -0.600. The highest BCUT2D eigenvalue weighted by Gasteiger charge is 2.45. The van der Waals surface area contributed by atoms with Crippen LogP contribution in [-0.2, 0) is 4.79 Å². The van der Waals surface area contributed by atoms with E-state index in [1.54, 1.807) is 0 Å². The molecule has 1 aliphatic rings. The van der Waals surface area contributed by atoms with Crippen molar-refractivity contribution in [1.29, 1.82) is 0 Å². The standard InChI is InChI=1S/C16H22F2N2O.ClH/c1-3-16(19,4-2)9-20-15(21)13-8-12(13)11-6-5-10(17)7-14(11)18;/h5-7,12-13H,3-4,8-9,19H2,1-2H3,(H,20,21);1H. The maximum atomic E-state index is 13.7. The molecule has 6 heteroatoms. The third-order valence-corrected chi connectivity index (χ3v) is 4.51. The van der Waals surface area contributed by atoms with Gasteiger partial charge in [0.1, 0.15) is 11.6 Å². The Morgan fingerprint density at radius 1 is 1.36 bits per heavy atom. The highest BCUT2D eigenvalue weighted by molar-refractivity contribution is 5.85. The Balaban J connectivity index is 0.00000242. The quantitative estimate of drug-likeness (QED) is 0.841. The molecule has 0 saturated heterocycles. The van der Waals surface area contributed by atoms with Gasteiger partial charge < -0.3 is 11.1 Å². The molecule has 0 aliphatic heterocycles. The predicted octanol–water partition coefficient (Wildman–Crippen LogP) is 3.12. The van der Waals surface area contributed by atoms with Gasteiger partial charge in [0.05, 0.1) is 0 Å². The summed E-state index contributed by atoms with van der Waals surface area (Å²) in [5.74, 6) is -1.66. The Morgan fingerprint density at radius 2 is 2.00 bits per heavy atom. The van der Waals surface area contributed by atoms with Crippen LogP contribution in [0, 0.1) is 17.6 Å². The van der Waals surface area contributed by atoms with Crippen LogP contribution in [0.1, 0.15) is 44.6 Å². The fraction of sp³-hybridized carbons (Fsp3) is 0.562. The van der Waals surface area contributed by atoms with Crippen LogP contribution < -0.4 is 11.1 Å². The summed E-state index contributed by atoms with van der Waals surface area (Å²) in [7, 11) is 0. The lowest BCUT2D eigenvalue weighted by Gasteiger charge is -2.26. The number of hydrogen-bond acceptors (Lipinski definition) is 2. The van der Waals surface area contributed by atoms with Gasteiger partial charge in [-0.2, -0.15) is 0 Å². The molecule has 1 aliphatic carbocycles. The molecule has 0 heterocycles. The molecule has 3 nitrogen and oxygen atoms in total. The maximum absolute atomic E-state index is 13.7. The minimum absolute atomic E-state index is 0. The van der Waals surface area contributed by atoms with Crippen molar-refractivity contribution >= 4 is 18.3 Å². The summed E-state index contributed by atoms with van der Waals surface area (Å²) in [5.41, 5.74) is 6.17. The van der Waals surface area contributed by atoms with Gasteiger partial charge in [-0.05, 0) is 36.8 Å². The summed E-state index contributed by atoms with van der Waals surface area (Å²) in [6.07, 6.45) is 2.17. The van der Waals surface area contributed by atoms with Crippen LogP contribution in [0.3, 0.4) is 0 Å². The maximum Gasteiger partial charge on any atom is 0.223 e. The third kappa shape index (κ3) is 4.17. The average Bonchev–Trinajstić information content (AvgIpc) is 3.24. The molecule has 1 aromatic rings. The van der Waals surface area contributed by atoms with Crippen LogP contribution in [0.25, 0.3) is 0 Å². The Bertz CT molecular complexity index is 535. The lowest BCUT2D eigenvalue weighted by molar-refractivity contribution is -0.122. The van der Waals surface area contributed by atoms with Crippen molar-refractivity contribution in [3.63, 3.8) is 0 Å². The molecule has 124 valence electrons. The Kier molecular flexibility index (Phi) is 6.32. The molecule has 3 N–H and O–H groups in total. The van der Waals surface area contributed by atoms with Gasteiger partial charge in [0, 0.05) is 24.1 Å².